The molecule has 0 saturated carbocycles. The lowest BCUT2D eigenvalue weighted by Crippen LogP contribution is -2.17. The van der Waals surface area contributed by atoms with Gasteiger partial charge in [0.1, 0.15) is 6.33 Å². The molecule has 1 heterocycles. The van der Waals surface area contributed by atoms with Gasteiger partial charge in [-0.05, 0) is 48.4 Å². The first-order valence-corrected chi connectivity index (χ1v) is 8.52. The van der Waals surface area contributed by atoms with Crippen LogP contribution in [0.25, 0.3) is 27.8 Å². The van der Waals surface area contributed by atoms with Crippen LogP contribution in [0.3, 0.4) is 0 Å². The molecule has 1 N–H and O–H groups in total. The highest BCUT2D eigenvalue weighted by Crippen LogP contribution is 2.25. The summed E-state index contributed by atoms with van der Waals surface area (Å²) in [6.45, 7) is 2.09. The zero-order valence-electron chi connectivity index (χ0n) is 14.7. The number of rotatable bonds is 3. The number of hydrogen-bond donors (Lipinski definition) is 1. The second-order valence-electron chi connectivity index (χ2n) is 6.31. The molecule has 0 aliphatic carbocycles. The SMILES string of the molecule is CNC(=O)c1ccc2c(c1)ncn2-c1cccc(-c2ccc(C)cc2)c1. The molecule has 4 nitrogen and oxygen atoms in total. The van der Waals surface area contributed by atoms with Crippen LogP contribution in [0, 0.1) is 6.92 Å². The lowest BCUT2D eigenvalue weighted by atomic mass is 10.0. The van der Waals surface area contributed by atoms with E-state index in [0.717, 1.165) is 22.3 Å². The van der Waals surface area contributed by atoms with Gasteiger partial charge in [0.15, 0.2) is 0 Å². The summed E-state index contributed by atoms with van der Waals surface area (Å²) in [6, 6.07) is 22.5. The summed E-state index contributed by atoms with van der Waals surface area (Å²) in [6.07, 6.45) is 1.80. The minimum Gasteiger partial charge on any atom is -0.355 e. The van der Waals surface area contributed by atoms with Crippen molar-refractivity contribution in [2.24, 2.45) is 0 Å². The zero-order valence-corrected chi connectivity index (χ0v) is 14.7. The van der Waals surface area contributed by atoms with Crippen LogP contribution >= 0.6 is 0 Å². The first-order chi connectivity index (χ1) is 12.7. The van der Waals surface area contributed by atoms with E-state index in [-0.39, 0.29) is 5.91 Å². The fourth-order valence-corrected chi connectivity index (χ4v) is 3.09. The van der Waals surface area contributed by atoms with E-state index in [9.17, 15) is 4.79 Å². The maximum absolute atomic E-state index is 11.8. The predicted molar refractivity (Wildman–Crippen MR) is 105 cm³/mol. The summed E-state index contributed by atoms with van der Waals surface area (Å²) in [5.74, 6) is -0.109. The number of carbonyl (C=O) groups is 1. The van der Waals surface area contributed by atoms with Gasteiger partial charge >= 0.3 is 0 Å². The predicted octanol–water partition coefficient (Wildman–Crippen LogP) is 4.36. The van der Waals surface area contributed by atoms with E-state index in [4.69, 9.17) is 0 Å². The smallest absolute Gasteiger partial charge is 0.251 e. The van der Waals surface area contributed by atoms with E-state index >= 15 is 0 Å². The Morgan fingerprint density at radius 2 is 1.77 bits per heavy atom. The number of hydrogen-bond acceptors (Lipinski definition) is 2. The van der Waals surface area contributed by atoms with Gasteiger partial charge in [-0.2, -0.15) is 0 Å². The zero-order chi connectivity index (χ0) is 18.1. The van der Waals surface area contributed by atoms with Gasteiger partial charge in [-0.1, -0.05) is 42.0 Å². The van der Waals surface area contributed by atoms with Crippen molar-refractivity contribution in [2.75, 3.05) is 7.05 Å². The molecule has 0 bridgehead atoms. The normalized spacial score (nSPS) is 10.8. The molecule has 1 amide bonds. The van der Waals surface area contributed by atoms with Crippen molar-refractivity contribution >= 4 is 16.9 Å². The number of aromatic nitrogens is 2. The highest BCUT2D eigenvalue weighted by molar-refractivity contribution is 5.97. The molecule has 0 spiro atoms. The third-order valence-corrected chi connectivity index (χ3v) is 4.55. The quantitative estimate of drug-likeness (QED) is 0.602. The Kier molecular flexibility index (Phi) is 4.01. The van der Waals surface area contributed by atoms with Crippen LogP contribution < -0.4 is 5.32 Å². The number of aryl methyl sites for hydroxylation is 1. The van der Waals surface area contributed by atoms with Crippen LogP contribution in [0.1, 0.15) is 15.9 Å². The van der Waals surface area contributed by atoms with E-state index in [2.05, 4.69) is 65.8 Å². The Hall–Kier alpha value is -3.40. The van der Waals surface area contributed by atoms with E-state index < -0.39 is 0 Å². The number of benzene rings is 3. The third-order valence-electron chi connectivity index (χ3n) is 4.55. The topological polar surface area (TPSA) is 46.9 Å². The number of nitrogens with one attached hydrogen (secondary N) is 1. The molecule has 0 atom stereocenters. The molecule has 4 rings (SSSR count). The second-order valence-corrected chi connectivity index (χ2v) is 6.31. The van der Waals surface area contributed by atoms with E-state index in [0.29, 0.717) is 5.56 Å². The summed E-state index contributed by atoms with van der Waals surface area (Å²) >= 11 is 0. The molecule has 0 aliphatic heterocycles. The van der Waals surface area contributed by atoms with Crippen LogP contribution in [0.15, 0.2) is 73.1 Å². The Balaban J connectivity index is 1.77. The Morgan fingerprint density at radius 3 is 2.54 bits per heavy atom. The lowest BCUT2D eigenvalue weighted by molar-refractivity contribution is 0.0963. The molecular formula is C22H19N3O. The monoisotopic (exact) mass is 341 g/mol. The molecule has 1 aromatic heterocycles. The summed E-state index contributed by atoms with van der Waals surface area (Å²) in [7, 11) is 1.63. The van der Waals surface area contributed by atoms with Crippen molar-refractivity contribution in [3.63, 3.8) is 0 Å². The van der Waals surface area contributed by atoms with E-state index in [1.54, 1.807) is 13.4 Å². The molecule has 4 heteroatoms. The fraction of sp³-hybridized carbons (Fsp3) is 0.0909. The standard InChI is InChI=1S/C22H19N3O/c1-15-6-8-16(9-7-15)17-4-3-5-19(12-17)25-14-24-20-13-18(22(26)23-2)10-11-21(20)25/h3-14H,1-2H3,(H,23,26). The van der Waals surface area contributed by atoms with Crippen LogP contribution in [0.5, 0.6) is 0 Å². The van der Waals surface area contributed by atoms with Gasteiger partial charge in [0.05, 0.1) is 11.0 Å². The van der Waals surface area contributed by atoms with Gasteiger partial charge in [-0.25, -0.2) is 4.98 Å². The minimum absolute atomic E-state index is 0.109. The molecule has 4 aromatic rings. The highest BCUT2D eigenvalue weighted by Gasteiger charge is 2.09. The molecule has 128 valence electrons. The van der Waals surface area contributed by atoms with Gasteiger partial charge in [0, 0.05) is 18.3 Å². The van der Waals surface area contributed by atoms with Gasteiger partial charge in [-0.3, -0.25) is 9.36 Å². The van der Waals surface area contributed by atoms with Crippen LogP contribution in [-0.4, -0.2) is 22.5 Å². The molecule has 0 fully saturated rings. The number of fused-ring (bicyclic) bond motifs is 1. The summed E-state index contributed by atoms with van der Waals surface area (Å²) in [5.41, 5.74) is 7.01. The van der Waals surface area contributed by atoms with Crippen molar-refractivity contribution in [2.45, 2.75) is 6.92 Å². The number of nitrogens with zero attached hydrogens (tertiary/aromatic N) is 2. The van der Waals surface area contributed by atoms with Crippen molar-refractivity contribution in [1.82, 2.24) is 14.9 Å². The molecule has 3 aromatic carbocycles. The fourth-order valence-electron chi connectivity index (χ4n) is 3.09. The molecule has 0 radical (unpaired) electrons. The van der Waals surface area contributed by atoms with E-state index in [1.165, 1.54) is 11.1 Å². The first kappa shape index (κ1) is 16.1. The third kappa shape index (κ3) is 2.86. The van der Waals surface area contributed by atoms with Crippen molar-refractivity contribution in [1.29, 1.82) is 0 Å². The van der Waals surface area contributed by atoms with Crippen LogP contribution in [0.4, 0.5) is 0 Å². The van der Waals surface area contributed by atoms with Gasteiger partial charge in [0.25, 0.3) is 5.91 Å². The average Bonchev–Trinajstić information content (AvgIpc) is 3.11. The maximum Gasteiger partial charge on any atom is 0.251 e. The summed E-state index contributed by atoms with van der Waals surface area (Å²) in [4.78, 5) is 16.3. The molecule has 0 unspecified atom stereocenters. The van der Waals surface area contributed by atoms with Crippen LogP contribution in [-0.2, 0) is 0 Å². The van der Waals surface area contributed by atoms with E-state index in [1.807, 2.05) is 22.8 Å². The van der Waals surface area contributed by atoms with Crippen molar-refractivity contribution in [3.05, 3.63) is 84.2 Å². The Bertz CT molecular complexity index is 1090. The highest BCUT2D eigenvalue weighted by atomic mass is 16.1. The molecule has 0 aliphatic rings. The van der Waals surface area contributed by atoms with Crippen LogP contribution in [0.2, 0.25) is 0 Å². The van der Waals surface area contributed by atoms with Gasteiger partial charge < -0.3 is 5.32 Å². The lowest BCUT2D eigenvalue weighted by Gasteiger charge is -2.08. The maximum atomic E-state index is 11.8. The molecule has 26 heavy (non-hydrogen) atoms. The summed E-state index contributed by atoms with van der Waals surface area (Å²) in [5, 5.41) is 2.64. The summed E-state index contributed by atoms with van der Waals surface area (Å²) < 4.78 is 2.04. The second kappa shape index (κ2) is 6.48. The molecule has 0 saturated heterocycles. The molecular weight excluding hydrogens is 322 g/mol. The van der Waals surface area contributed by atoms with Gasteiger partial charge in [-0.15, -0.1) is 0 Å². The minimum atomic E-state index is -0.109. The first-order valence-electron chi connectivity index (χ1n) is 8.52. The average molecular weight is 341 g/mol. The number of carbonyl (C=O) groups excluding carboxylic acids is 1. The number of imidazole rings is 1. The van der Waals surface area contributed by atoms with Crippen molar-refractivity contribution < 1.29 is 4.79 Å². The van der Waals surface area contributed by atoms with Crippen molar-refractivity contribution in [3.8, 4) is 16.8 Å². The Labute approximate surface area is 152 Å². The van der Waals surface area contributed by atoms with Gasteiger partial charge in [0.2, 0.25) is 0 Å². The largest absolute Gasteiger partial charge is 0.355 e. The Morgan fingerprint density at radius 1 is 0.962 bits per heavy atom. The number of amides is 1.